The Bertz CT molecular complexity index is 171. The molecule has 0 unspecified atom stereocenters. The molecule has 84 valence electrons. The van der Waals surface area contributed by atoms with E-state index >= 15 is 0 Å². The summed E-state index contributed by atoms with van der Waals surface area (Å²) in [6.07, 6.45) is -0.0727. The molecule has 0 aliphatic carbocycles. The molecule has 0 spiro atoms. The molecule has 14 heavy (non-hydrogen) atoms. The molecule has 0 atom stereocenters. The summed E-state index contributed by atoms with van der Waals surface area (Å²) in [4.78, 5) is 21.6. The summed E-state index contributed by atoms with van der Waals surface area (Å²) in [7, 11) is 0. The predicted molar refractivity (Wildman–Crippen MR) is 53.4 cm³/mol. The number of urea groups is 1. The van der Waals surface area contributed by atoms with Gasteiger partial charge in [-0.15, -0.1) is 0 Å². The van der Waals surface area contributed by atoms with Gasteiger partial charge in [0, 0.05) is 6.54 Å². The van der Waals surface area contributed by atoms with Crippen LogP contribution in [0, 0.1) is 0 Å². The second-order valence-electron chi connectivity index (χ2n) is 3.42. The first-order chi connectivity index (χ1) is 6.47. The fourth-order valence-electron chi connectivity index (χ4n) is 0.740. The summed E-state index contributed by atoms with van der Waals surface area (Å²) in [6.45, 7) is 9.70. The SMILES string of the molecule is CCN(OC(C)C)C(=O)NOC(C)C. The quantitative estimate of drug-likeness (QED) is 0.693. The summed E-state index contributed by atoms with van der Waals surface area (Å²) in [5.41, 5.74) is 2.30. The minimum Gasteiger partial charge on any atom is -0.269 e. The molecule has 1 N–H and O–H groups in total. The van der Waals surface area contributed by atoms with Crippen LogP contribution in [-0.2, 0) is 9.68 Å². The summed E-state index contributed by atoms with van der Waals surface area (Å²) in [5.74, 6) is 0. The number of hydrogen-bond acceptors (Lipinski definition) is 3. The lowest BCUT2D eigenvalue weighted by Gasteiger charge is -2.22. The van der Waals surface area contributed by atoms with Gasteiger partial charge in [0.15, 0.2) is 0 Å². The van der Waals surface area contributed by atoms with Gasteiger partial charge in [-0.1, -0.05) is 0 Å². The highest BCUT2D eigenvalue weighted by molar-refractivity contribution is 5.71. The number of nitrogens with one attached hydrogen (secondary N) is 1. The lowest BCUT2D eigenvalue weighted by atomic mass is 10.5. The first-order valence-electron chi connectivity index (χ1n) is 4.87. The van der Waals surface area contributed by atoms with Crippen LogP contribution in [0.4, 0.5) is 4.79 Å². The molecule has 0 radical (unpaired) electrons. The van der Waals surface area contributed by atoms with E-state index in [2.05, 4.69) is 5.48 Å². The standard InChI is InChI=1S/C9H20N2O3/c1-6-11(14-8(4)5)9(12)10-13-7(2)3/h7-8H,6H2,1-5H3,(H,10,12). The smallest absolute Gasteiger partial charge is 0.269 e. The van der Waals surface area contributed by atoms with Crippen LogP contribution in [-0.4, -0.2) is 29.8 Å². The molecule has 0 aromatic rings. The van der Waals surface area contributed by atoms with Crippen LogP contribution >= 0.6 is 0 Å². The van der Waals surface area contributed by atoms with Gasteiger partial charge >= 0.3 is 6.03 Å². The second kappa shape index (κ2) is 6.62. The minimum atomic E-state index is -0.380. The highest BCUT2D eigenvalue weighted by Gasteiger charge is 2.13. The highest BCUT2D eigenvalue weighted by Crippen LogP contribution is 1.97. The zero-order valence-electron chi connectivity index (χ0n) is 9.53. The van der Waals surface area contributed by atoms with Gasteiger partial charge < -0.3 is 0 Å². The van der Waals surface area contributed by atoms with E-state index in [9.17, 15) is 4.79 Å². The van der Waals surface area contributed by atoms with Crippen molar-refractivity contribution in [3.05, 3.63) is 0 Å². The van der Waals surface area contributed by atoms with Crippen LogP contribution in [0.1, 0.15) is 34.6 Å². The number of carbonyl (C=O) groups excluding carboxylic acids is 1. The number of hydrogen-bond donors (Lipinski definition) is 1. The van der Waals surface area contributed by atoms with Gasteiger partial charge in [-0.05, 0) is 34.6 Å². The molecule has 0 aliphatic rings. The molecule has 0 saturated carbocycles. The Morgan fingerprint density at radius 1 is 1.29 bits per heavy atom. The van der Waals surface area contributed by atoms with Crippen LogP contribution < -0.4 is 5.48 Å². The van der Waals surface area contributed by atoms with Gasteiger partial charge in [0.2, 0.25) is 0 Å². The van der Waals surface area contributed by atoms with Gasteiger partial charge in [-0.25, -0.2) is 15.3 Å². The number of nitrogens with zero attached hydrogens (tertiary/aromatic N) is 1. The van der Waals surface area contributed by atoms with Gasteiger partial charge in [-0.3, -0.25) is 9.68 Å². The molecule has 0 heterocycles. The Labute approximate surface area is 85.3 Å². The molecule has 0 fully saturated rings. The summed E-state index contributed by atoms with van der Waals surface area (Å²) >= 11 is 0. The van der Waals surface area contributed by atoms with Crippen molar-refractivity contribution < 1.29 is 14.5 Å². The van der Waals surface area contributed by atoms with Crippen molar-refractivity contribution in [2.75, 3.05) is 6.54 Å². The van der Waals surface area contributed by atoms with Crippen molar-refractivity contribution in [2.24, 2.45) is 0 Å². The molecule has 0 aromatic carbocycles. The monoisotopic (exact) mass is 204 g/mol. The van der Waals surface area contributed by atoms with Crippen LogP contribution in [0.2, 0.25) is 0 Å². The van der Waals surface area contributed by atoms with E-state index in [0.29, 0.717) is 6.54 Å². The Morgan fingerprint density at radius 3 is 2.21 bits per heavy atom. The molecule has 0 aromatic heterocycles. The van der Waals surface area contributed by atoms with Crippen LogP contribution in [0.3, 0.4) is 0 Å². The molecule has 2 amide bonds. The van der Waals surface area contributed by atoms with Crippen molar-refractivity contribution in [3.63, 3.8) is 0 Å². The van der Waals surface area contributed by atoms with Crippen molar-refractivity contribution in [3.8, 4) is 0 Å². The van der Waals surface area contributed by atoms with Crippen LogP contribution in [0.15, 0.2) is 0 Å². The van der Waals surface area contributed by atoms with E-state index in [1.807, 2.05) is 34.6 Å². The second-order valence-corrected chi connectivity index (χ2v) is 3.42. The highest BCUT2D eigenvalue weighted by atomic mass is 16.7. The average Bonchev–Trinajstić information content (AvgIpc) is 2.09. The predicted octanol–water partition coefficient (Wildman–Crippen LogP) is 1.70. The number of rotatable bonds is 5. The molecule has 0 saturated heterocycles. The Balaban J connectivity index is 3.92. The third kappa shape index (κ3) is 5.77. The van der Waals surface area contributed by atoms with Crippen LogP contribution in [0.25, 0.3) is 0 Å². The zero-order valence-corrected chi connectivity index (χ0v) is 9.53. The number of hydroxylamine groups is 3. The fourth-order valence-corrected chi connectivity index (χ4v) is 0.740. The van der Waals surface area contributed by atoms with Gasteiger partial charge in [0.1, 0.15) is 0 Å². The Hall–Kier alpha value is -0.810. The minimum absolute atomic E-state index is 0.0280. The van der Waals surface area contributed by atoms with Crippen molar-refractivity contribution >= 4 is 6.03 Å². The normalized spacial score (nSPS) is 10.8. The molecule has 0 aliphatic heterocycles. The van der Waals surface area contributed by atoms with E-state index in [1.165, 1.54) is 5.06 Å². The topological polar surface area (TPSA) is 50.8 Å². The maximum Gasteiger partial charge on any atom is 0.365 e. The third-order valence-corrected chi connectivity index (χ3v) is 1.23. The number of carbonyl (C=O) groups is 1. The average molecular weight is 204 g/mol. The van der Waals surface area contributed by atoms with Gasteiger partial charge in [0.05, 0.1) is 12.2 Å². The third-order valence-electron chi connectivity index (χ3n) is 1.23. The molecule has 0 bridgehead atoms. The largest absolute Gasteiger partial charge is 0.365 e. The molecule has 5 nitrogen and oxygen atoms in total. The summed E-state index contributed by atoms with van der Waals surface area (Å²) < 4.78 is 0. The van der Waals surface area contributed by atoms with Crippen LogP contribution in [0.5, 0.6) is 0 Å². The van der Waals surface area contributed by atoms with E-state index in [4.69, 9.17) is 9.68 Å². The Kier molecular flexibility index (Phi) is 6.23. The maximum atomic E-state index is 11.4. The molecule has 5 heteroatoms. The maximum absolute atomic E-state index is 11.4. The molecular formula is C9H20N2O3. The summed E-state index contributed by atoms with van der Waals surface area (Å²) in [6, 6.07) is -0.380. The zero-order chi connectivity index (χ0) is 11.1. The Morgan fingerprint density at radius 2 is 1.86 bits per heavy atom. The van der Waals surface area contributed by atoms with Crippen molar-refractivity contribution in [1.29, 1.82) is 0 Å². The van der Waals surface area contributed by atoms with Crippen molar-refractivity contribution in [1.82, 2.24) is 10.5 Å². The van der Waals surface area contributed by atoms with E-state index in [-0.39, 0.29) is 18.2 Å². The lowest BCUT2D eigenvalue weighted by molar-refractivity contribution is -0.155. The van der Waals surface area contributed by atoms with Gasteiger partial charge in [0.25, 0.3) is 0 Å². The summed E-state index contributed by atoms with van der Waals surface area (Å²) in [5, 5.41) is 1.23. The van der Waals surface area contributed by atoms with Gasteiger partial charge in [-0.2, -0.15) is 0 Å². The lowest BCUT2D eigenvalue weighted by Crippen LogP contribution is -2.42. The van der Waals surface area contributed by atoms with Crippen molar-refractivity contribution in [2.45, 2.75) is 46.8 Å². The fraction of sp³-hybridized carbons (Fsp3) is 0.889. The first kappa shape index (κ1) is 13.2. The van der Waals surface area contributed by atoms with E-state index in [0.717, 1.165) is 0 Å². The first-order valence-corrected chi connectivity index (χ1v) is 4.87. The number of amides is 2. The molecular weight excluding hydrogens is 184 g/mol. The van der Waals surface area contributed by atoms with E-state index in [1.54, 1.807) is 0 Å². The molecule has 0 rings (SSSR count). The van der Waals surface area contributed by atoms with E-state index < -0.39 is 0 Å².